The Morgan fingerprint density at radius 2 is 1.72 bits per heavy atom. The van der Waals surface area contributed by atoms with Crippen LogP contribution in [0.3, 0.4) is 0 Å². The molecule has 0 unspecified atom stereocenters. The Hall–Kier alpha value is -2.69. The third kappa shape index (κ3) is 2.95. The summed E-state index contributed by atoms with van der Waals surface area (Å²) in [5.41, 5.74) is 1.15. The summed E-state index contributed by atoms with van der Waals surface area (Å²) in [4.78, 5) is 33.8. The lowest BCUT2D eigenvalue weighted by molar-refractivity contribution is -0.121. The molecule has 29 heavy (non-hydrogen) atoms. The predicted octanol–water partition coefficient (Wildman–Crippen LogP) is 4.52. The van der Waals surface area contributed by atoms with Crippen LogP contribution < -0.4 is 5.32 Å². The van der Waals surface area contributed by atoms with Crippen molar-refractivity contribution in [1.82, 2.24) is 9.88 Å². The number of hydrogen-bond acceptors (Lipinski definition) is 3. The van der Waals surface area contributed by atoms with Crippen LogP contribution in [0.2, 0.25) is 0 Å². The van der Waals surface area contributed by atoms with E-state index in [1.807, 2.05) is 42.5 Å². The third-order valence-electron chi connectivity index (χ3n) is 7.08. The second kappa shape index (κ2) is 7.29. The molecule has 2 fully saturated rings. The molecule has 1 spiro atoms. The minimum Gasteiger partial charge on any atom is -0.329 e. The van der Waals surface area contributed by atoms with Crippen LogP contribution >= 0.6 is 0 Å². The maximum Gasteiger partial charge on any atom is 0.254 e. The normalized spacial score (nSPS) is 23.4. The summed E-state index contributed by atoms with van der Waals surface area (Å²) >= 11 is 0. The molecule has 2 aliphatic carbocycles. The summed E-state index contributed by atoms with van der Waals surface area (Å²) in [6, 6.07) is 13.5. The number of aromatic nitrogens is 1. The standard InChI is InChI=1S/C24H27N3O2/c28-22(26-20-13-5-8-16-25-20)21-18-11-3-4-12-19(18)23(29)27(17-9-1-2-10-17)24(21)14-6-7-15-24/h3-5,8,11-13,16-17,21H,1-2,6-7,9-10,14-15H2,(H,25,26,28)/t21-/m1/s1. The van der Waals surface area contributed by atoms with Crippen LogP contribution in [0.1, 0.15) is 73.2 Å². The first-order chi connectivity index (χ1) is 14.2. The zero-order valence-corrected chi connectivity index (χ0v) is 16.6. The van der Waals surface area contributed by atoms with E-state index in [0.717, 1.165) is 56.9 Å². The van der Waals surface area contributed by atoms with Gasteiger partial charge in [0.2, 0.25) is 5.91 Å². The van der Waals surface area contributed by atoms with Gasteiger partial charge in [-0.1, -0.05) is 49.9 Å². The average molecular weight is 389 g/mol. The second-order valence-corrected chi connectivity index (χ2v) is 8.65. The second-order valence-electron chi connectivity index (χ2n) is 8.65. The van der Waals surface area contributed by atoms with Crippen LogP contribution in [-0.2, 0) is 4.79 Å². The molecule has 0 saturated heterocycles. The summed E-state index contributed by atoms with van der Waals surface area (Å²) in [5, 5.41) is 3.04. The minimum atomic E-state index is -0.417. The van der Waals surface area contributed by atoms with Crippen LogP contribution in [0.4, 0.5) is 5.82 Å². The monoisotopic (exact) mass is 389 g/mol. The molecule has 5 rings (SSSR count). The molecular formula is C24H27N3O2. The zero-order chi connectivity index (χ0) is 19.8. The number of hydrogen-bond donors (Lipinski definition) is 1. The van der Waals surface area contributed by atoms with E-state index in [2.05, 4.69) is 15.2 Å². The predicted molar refractivity (Wildman–Crippen MR) is 112 cm³/mol. The SMILES string of the molecule is O=C(Nc1ccccn1)[C@H]1c2ccccc2C(=O)N(C2CCCC2)C12CCCC2. The molecular weight excluding hydrogens is 362 g/mol. The Kier molecular flexibility index (Phi) is 4.61. The van der Waals surface area contributed by atoms with Crippen molar-refractivity contribution in [2.45, 2.75) is 68.9 Å². The molecule has 2 heterocycles. The molecule has 1 aromatic heterocycles. The summed E-state index contributed by atoms with van der Waals surface area (Å²) < 4.78 is 0. The Labute approximate surface area is 171 Å². The van der Waals surface area contributed by atoms with Crippen LogP contribution in [0.15, 0.2) is 48.7 Å². The summed E-state index contributed by atoms with van der Waals surface area (Å²) in [6.07, 6.45) is 10.0. The van der Waals surface area contributed by atoms with Gasteiger partial charge >= 0.3 is 0 Å². The van der Waals surface area contributed by atoms with Gasteiger partial charge in [-0.25, -0.2) is 4.98 Å². The summed E-state index contributed by atoms with van der Waals surface area (Å²) in [5.74, 6) is 0.277. The molecule has 1 aliphatic heterocycles. The fourth-order valence-corrected chi connectivity index (χ4v) is 5.93. The van der Waals surface area contributed by atoms with Crippen LogP contribution in [0, 0.1) is 0 Å². The first-order valence-corrected chi connectivity index (χ1v) is 10.9. The van der Waals surface area contributed by atoms with Crippen molar-refractivity contribution in [3.05, 3.63) is 59.8 Å². The highest BCUT2D eigenvalue weighted by molar-refractivity contribution is 6.05. The number of carbonyl (C=O) groups excluding carboxylic acids is 2. The van der Waals surface area contributed by atoms with Gasteiger partial charge in [0.1, 0.15) is 5.82 Å². The molecule has 0 radical (unpaired) electrons. The number of amides is 2. The number of benzene rings is 1. The first-order valence-electron chi connectivity index (χ1n) is 10.9. The highest BCUT2D eigenvalue weighted by Gasteiger charge is 2.57. The molecule has 1 aromatic carbocycles. The number of nitrogens with zero attached hydrogens (tertiary/aromatic N) is 2. The topological polar surface area (TPSA) is 62.3 Å². The van der Waals surface area contributed by atoms with Gasteiger partial charge in [0, 0.05) is 17.8 Å². The average Bonchev–Trinajstić information content (AvgIpc) is 3.42. The van der Waals surface area contributed by atoms with Crippen molar-refractivity contribution in [3.63, 3.8) is 0 Å². The van der Waals surface area contributed by atoms with Gasteiger partial charge in [0.05, 0.1) is 11.5 Å². The molecule has 2 amide bonds. The Morgan fingerprint density at radius 1 is 1.00 bits per heavy atom. The van der Waals surface area contributed by atoms with E-state index in [4.69, 9.17) is 0 Å². The number of anilines is 1. The van der Waals surface area contributed by atoms with Crippen molar-refractivity contribution in [2.75, 3.05) is 5.32 Å². The molecule has 3 aliphatic rings. The molecule has 5 nitrogen and oxygen atoms in total. The van der Waals surface area contributed by atoms with E-state index in [1.165, 1.54) is 0 Å². The number of pyridine rings is 1. The summed E-state index contributed by atoms with van der Waals surface area (Å²) in [6.45, 7) is 0. The highest BCUT2D eigenvalue weighted by atomic mass is 16.2. The van der Waals surface area contributed by atoms with Gasteiger partial charge in [-0.2, -0.15) is 0 Å². The third-order valence-corrected chi connectivity index (χ3v) is 7.08. The Balaban J connectivity index is 1.62. The highest BCUT2D eigenvalue weighted by Crippen LogP contribution is 2.52. The van der Waals surface area contributed by atoms with Gasteiger partial charge in [0.15, 0.2) is 0 Å². The van der Waals surface area contributed by atoms with Gasteiger partial charge in [-0.3, -0.25) is 9.59 Å². The quantitative estimate of drug-likeness (QED) is 0.840. The Bertz CT molecular complexity index is 915. The van der Waals surface area contributed by atoms with Crippen molar-refractivity contribution >= 4 is 17.6 Å². The molecule has 1 atom stereocenters. The van der Waals surface area contributed by atoms with Crippen LogP contribution in [0.5, 0.6) is 0 Å². The number of carbonyl (C=O) groups is 2. The van der Waals surface area contributed by atoms with E-state index >= 15 is 0 Å². The maximum atomic E-state index is 13.7. The molecule has 2 saturated carbocycles. The lowest BCUT2D eigenvalue weighted by Gasteiger charge is -2.52. The van der Waals surface area contributed by atoms with E-state index in [-0.39, 0.29) is 23.8 Å². The molecule has 1 N–H and O–H groups in total. The van der Waals surface area contributed by atoms with Crippen LogP contribution in [0.25, 0.3) is 0 Å². The van der Waals surface area contributed by atoms with Crippen LogP contribution in [-0.4, -0.2) is 33.3 Å². The fourth-order valence-electron chi connectivity index (χ4n) is 5.93. The molecule has 0 bridgehead atoms. The van der Waals surface area contributed by atoms with E-state index in [1.54, 1.807) is 6.20 Å². The van der Waals surface area contributed by atoms with Gasteiger partial charge < -0.3 is 10.2 Å². The van der Waals surface area contributed by atoms with Crippen molar-refractivity contribution in [3.8, 4) is 0 Å². The van der Waals surface area contributed by atoms with E-state index < -0.39 is 5.54 Å². The van der Waals surface area contributed by atoms with Crippen molar-refractivity contribution < 1.29 is 9.59 Å². The first kappa shape index (κ1) is 18.3. The summed E-state index contributed by atoms with van der Waals surface area (Å²) in [7, 11) is 0. The lowest BCUT2D eigenvalue weighted by atomic mass is 9.70. The number of nitrogens with one attached hydrogen (secondary N) is 1. The zero-order valence-electron chi connectivity index (χ0n) is 16.6. The van der Waals surface area contributed by atoms with E-state index in [9.17, 15) is 9.59 Å². The van der Waals surface area contributed by atoms with Gasteiger partial charge in [0.25, 0.3) is 5.91 Å². The molecule has 5 heteroatoms. The lowest BCUT2D eigenvalue weighted by Crippen LogP contribution is -2.62. The van der Waals surface area contributed by atoms with Crippen molar-refractivity contribution in [2.24, 2.45) is 0 Å². The number of fused-ring (bicyclic) bond motifs is 1. The molecule has 2 aromatic rings. The smallest absolute Gasteiger partial charge is 0.254 e. The maximum absolute atomic E-state index is 13.7. The fraction of sp³-hybridized carbons (Fsp3) is 0.458. The van der Waals surface area contributed by atoms with E-state index in [0.29, 0.717) is 11.4 Å². The minimum absolute atomic E-state index is 0.0476. The Morgan fingerprint density at radius 3 is 2.45 bits per heavy atom. The van der Waals surface area contributed by atoms with Crippen molar-refractivity contribution in [1.29, 1.82) is 0 Å². The number of rotatable bonds is 3. The van der Waals surface area contributed by atoms with Gasteiger partial charge in [-0.05, 0) is 49.4 Å². The van der Waals surface area contributed by atoms with Gasteiger partial charge in [-0.15, -0.1) is 0 Å². The largest absolute Gasteiger partial charge is 0.329 e. The molecule has 150 valence electrons.